The van der Waals surface area contributed by atoms with E-state index in [0.717, 1.165) is 5.01 Å². The molecule has 1 aliphatic rings. The average molecular weight is 241 g/mol. The number of nitrogens with zero attached hydrogens (tertiary/aromatic N) is 2. The lowest BCUT2D eigenvalue weighted by molar-refractivity contribution is 0.0299. The summed E-state index contributed by atoms with van der Waals surface area (Å²) >= 11 is 1.44. The highest BCUT2D eigenvalue weighted by atomic mass is 32.1. The molecule has 2 heterocycles. The molecule has 2 rings (SSSR count). The van der Waals surface area contributed by atoms with Crippen LogP contribution in [0.3, 0.4) is 0 Å². The molecular formula is C10H15N3O2S. The van der Waals surface area contributed by atoms with E-state index in [-0.39, 0.29) is 11.9 Å². The van der Waals surface area contributed by atoms with E-state index in [0.29, 0.717) is 32.0 Å². The number of ether oxygens (including phenoxy) is 1. The molecule has 0 saturated carbocycles. The van der Waals surface area contributed by atoms with Gasteiger partial charge in [-0.3, -0.25) is 4.79 Å². The Hall–Kier alpha value is -0.980. The van der Waals surface area contributed by atoms with E-state index < -0.39 is 0 Å². The molecule has 0 bridgehead atoms. The predicted molar refractivity (Wildman–Crippen MR) is 61.4 cm³/mol. The average Bonchev–Trinajstić information content (AvgIpc) is 2.78. The third-order valence-electron chi connectivity index (χ3n) is 2.43. The molecule has 16 heavy (non-hydrogen) atoms. The number of morpholine rings is 1. The van der Waals surface area contributed by atoms with E-state index in [4.69, 9.17) is 10.5 Å². The maximum absolute atomic E-state index is 12.0. The van der Waals surface area contributed by atoms with Crippen LogP contribution in [0.4, 0.5) is 0 Å². The fraction of sp³-hybridized carbons (Fsp3) is 0.600. The van der Waals surface area contributed by atoms with E-state index in [2.05, 4.69) is 4.98 Å². The van der Waals surface area contributed by atoms with Crippen LogP contribution in [-0.2, 0) is 4.74 Å². The molecule has 2 N–H and O–H groups in total. The first-order chi connectivity index (χ1) is 7.68. The maximum Gasteiger partial charge on any atom is 0.273 e. The van der Waals surface area contributed by atoms with Gasteiger partial charge in [-0.15, -0.1) is 11.3 Å². The van der Waals surface area contributed by atoms with Crippen molar-refractivity contribution in [2.75, 3.05) is 26.3 Å². The van der Waals surface area contributed by atoms with Gasteiger partial charge in [-0.2, -0.15) is 0 Å². The van der Waals surface area contributed by atoms with E-state index in [1.54, 1.807) is 10.3 Å². The molecule has 1 amide bonds. The van der Waals surface area contributed by atoms with Crippen molar-refractivity contribution in [3.63, 3.8) is 0 Å². The fourth-order valence-corrected chi connectivity index (χ4v) is 2.28. The zero-order valence-corrected chi connectivity index (χ0v) is 10.00. The lowest BCUT2D eigenvalue weighted by atomic mass is 10.3. The van der Waals surface area contributed by atoms with Crippen LogP contribution in [0.25, 0.3) is 0 Å². The second-order valence-corrected chi connectivity index (χ2v) is 4.65. The number of carbonyl (C=O) groups is 1. The van der Waals surface area contributed by atoms with Gasteiger partial charge in [0.2, 0.25) is 0 Å². The van der Waals surface area contributed by atoms with E-state index in [1.165, 1.54) is 11.3 Å². The summed E-state index contributed by atoms with van der Waals surface area (Å²) in [6.07, 6.45) is 0. The highest BCUT2D eigenvalue weighted by Gasteiger charge is 2.21. The Balaban J connectivity index is 2.07. The largest absolute Gasteiger partial charge is 0.378 e. The zero-order valence-electron chi connectivity index (χ0n) is 9.18. The standard InChI is InChI=1S/C10H15N3O2S/c1-7(11)9-12-8(6-16-9)10(14)13-2-4-15-5-3-13/h6-7H,2-5,11H2,1H3. The summed E-state index contributed by atoms with van der Waals surface area (Å²) in [6, 6.07) is -0.115. The smallest absolute Gasteiger partial charge is 0.273 e. The van der Waals surface area contributed by atoms with Crippen molar-refractivity contribution in [2.24, 2.45) is 5.73 Å². The Labute approximate surface area is 98.2 Å². The first kappa shape index (κ1) is 11.5. The molecular weight excluding hydrogens is 226 g/mol. The Morgan fingerprint density at radius 2 is 2.31 bits per heavy atom. The molecule has 0 aliphatic carbocycles. The molecule has 88 valence electrons. The molecule has 1 aliphatic heterocycles. The summed E-state index contributed by atoms with van der Waals surface area (Å²) in [5, 5.41) is 2.58. The third-order valence-corrected chi connectivity index (χ3v) is 3.47. The van der Waals surface area contributed by atoms with Crippen LogP contribution < -0.4 is 5.73 Å². The van der Waals surface area contributed by atoms with Gasteiger partial charge in [0.05, 0.1) is 19.3 Å². The number of thiazole rings is 1. The molecule has 6 heteroatoms. The number of hydrogen-bond acceptors (Lipinski definition) is 5. The van der Waals surface area contributed by atoms with Gasteiger partial charge in [0.25, 0.3) is 5.91 Å². The Kier molecular flexibility index (Phi) is 3.52. The number of aromatic nitrogens is 1. The van der Waals surface area contributed by atoms with E-state index in [1.807, 2.05) is 6.92 Å². The SMILES string of the molecule is CC(N)c1nc(C(=O)N2CCOCC2)cs1. The monoisotopic (exact) mass is 241 g/mol. The van der Waals surface area contributed by atoms with Crippen molar-refractivity contribution < 1.29 is 9.53 Å². The van der Waals surface area contributed by atoms with Crippen LogP contribution in [0.1, 0.15) is 28.5 Å². The molecule has 1 saturated heterocycles. The van der Waals surface area contributed by atoms with Crippen LogP contribution in [0, 0.1) is 0 Å². The van der Waals surface area contributed by atoms with Crippen molar-refractivity contribution in [3.05, 3.63) is 16.1 Å². The van der Waals surface area contributed by atoms with Gasteiger partial charge in [-0.1, -0.05) is 0 Å². The quantitative estimate of drug-likeness (QED) is 0.825. The molecule has 5 nitrogen and oxygen atoms in total. The molecule has 1 aromatic rings. The van der Waals surface area contributed by atoms with Crippen LogP contribution in [0.2, 0.25) is 0 Å². The minimum atomic E-state index is -0.115. The van der Waals surface area contributed by atoms with Gasteiger partial charge < -0.3 is 15.4 Å². The summed E-state index contributed by atoms with van der Waals surface area (Å²) in [7, 11) is 0. The molecule has 0 aromatic carbocycles. The highest BCUT2D eigenvalue weighted by Crippen LogP contribution is 2.17. The summed E-state index contributed by atoms with van der Waals surface area (Å²) in [4.78, 5) is 18.0. The van der Waals surface area contributed by atoms with Gasteiger partial charge in [0, 0.05) is 18.5 Å². The van der Waals surface area contributed by atoms with Crippen molar-refractivity contribution in [3.8, 4) is 0 Å². The predicted octanol–water partition coefficient (Wildman–Crippen LogP) is 0.635. The Bertz CT molecular complexity index is 372. The normalized spacial score (nSPS) is 18.5. The number of hydrogen-bond donors (Lipinski definition) is 1. The summed E-state index contributed by atoms with van der Waals surface area (Å²) in [6.45, 7) is 4.36. The van der Waals surface area contributed by atoms with Crippen molar-refractivity contribution in [1.29, 1.82) is 0 Å². The van der Waals surface area contributed by atoms with E-state index >= 15 is 0 Å². The first-order valence-corrected chi connectivity index (χ1v) is 6.14. The molecule has 1 unspecified atom stereocenters. The second-order valence-electron chi connectivity index (χ2n) is 3.76. The number of amides is 1. The molecule has 1 fully saturated rings. The van der Waals surface area contributed by atoms with Crippen molar-refractivity contribution in [1.82, 2.24) is 9.88 Å². The van der Waals surface area contributed by atoms with Crippen molar-refractivity contribution >= 4 is 17.2 Å². The minimum Gasteiger partial charge on any atom is -0.378 e. The first-order valence-electron chi connectivity index (χ1n) is 5.26. The lowest BCUT2D eigenvalue weighted by Gasteiger charge is -2.25. The van der Waals surface area contributed by atoms with Crippen LogP contribution >= 0.6 is 11.3 Å². The Morgan fingerprint density at radius 1 is 1.62 bits per heavy atom. The Morgan fingerprint density at radius 3 is 2.88 bits per heavy atom. The minimum absolute atomic E-state index is 0.0218. The summed E-state index contributed by atoms with van der Waals surface area (Å²) < 4.78 is 5.20. The van der Waals surface area contributed by atoms with Gasteiger partial charge in [-0.25, -0.2) is 4.98 Å². The van der Waals surface area contributed by atoms with Gasteiger partial charge in [-0.05, 0) is 6.92 Å². The van der Waals surface area contributed by atoms with E-state index in [9.17, 15) is 4.79 Å². The zero-order chi connectivity index (χ0) is 11.5. The maximum atomic E-state index is 12.0. The van der Waals surface area contributed by atoms with Gasteiger partial charge >= 0.3 is 0 Å². The molecule has 0 spiro atoms. The number of nitrogens with two attached hydrogens (primary N) is 1. The third kappa shape index (κ3) is 2.40. The molecule has 1 aromatic heterocycles. The highest BCUT2D eigenvalue weighted by molar-refractivity contribution is 7.09. The number of rotatable bonds is 2. The molecule has 0 radical (unpaired) electrons. The molecule has 1 atom stereocenters. The van der Waals surface area contributed by atoms with Gasteiger partial charge in [0.15, 0.2) is 0 Å². The van der Waals surface area contributed by atoms with Crippen LogP contribution in [0.15, 0.2) is 5.38 Å². The lowest BCUT2D eigenvalue weighted by Crippen LogP contribution is -2.40. The van der Waals surface area contributed by atoms with Gasteiger partial charge in [0.1, 0.15) is 10.7 Å². The summed E-state index contributed by atoms with van der Waals surface area (Å²) in [5.41, 5.74) is 6.21. The fourth-order valence-electron chi connectivity index (χ4n) is 1.52. The number of carbonyl (C=O) groups excluding carboxylic acids is 1. The van der Waals surface area contributed by atoms with Crippen LogP contribution in [0.5, 0.6) is 0 Å². The topological polar surface area (TPSA) is 68.5 Å². The second kappa shape index (κ2) is 4.90. The van der Waals surface area contributed by atoms with Crippen LogP contribution in [-0.4, -0.2) is 42.1 Å². The summed E-state index contributed by atoms with van der Waals surface area (Å²) in [5.74, 6) is -0.0218. The van der Waals surface area contributed by atoms with Crippen molar-refractivity contribution in [2.45, 2.75) is 13.0 Å².